The number of pyridine rings is 1. The van der Waals surface area contributed by atoms with Crippen LogP contribution >= 0.6 is 0 Å². The summed E-state index contributed by atoms with van der Waals surface area (Å²) < 4.78 is 34.7. The van der Waals surface area contributed by atoms with Crippen LogP contribution in [0.2, 0.25) is 25.7 Å². The maximum Gasteiger partial charge on any atom is 0.229 e. The number of anilines is 1. The van der Waals surface area contributed by atoms with Gasteiger partial charge in [-0.2, -0.15) is 0 Å². The number of aromatic nitrogens is 3. The van der Waals surface area contributed by atoms with Gasteiger partial charge in [-0.1, -0.05) is 62.1 Å². The summed E-state index contributed by atoms with van der Waals surface area (Å²) in [5.74, 6) is 0.784. The lowest BCUT2D eigenvalue weighted by atomic mass is 10.1. The molecule has 4 aromatic rings. The molecule has 0 aliphatic rings. The van der Waals surface area contributed by atoms with E-state index in [-0.39, 0.29) is 0 Å². The van der Waals surface area contributed by atoms with Crippen molar-refractivity contribution in [3.63, 3.8) is 0 Å². The van der Waals surface area contributed by atoms with E-state index in [1.54, 1.807) is 18.5 Å². The Morgan fingerprint density at radius 3 is 2.28 bits per heavy atom. The zero-order chi connectivity index (χ0) is 25.8. The van der Waals surface area contributed by atoms with Crippen LogP contribution in [0.25, 0.3) is 33.9 Å². The molecule has 2 heterocycles. The van der Waals surface area contributed by atoms with Crippen molar-refractivity contribution in [2.45, 2.75) is 32.4 Å². The summed E-state index contributed by atoms with van der Waals surface area (Å²) in [5, 5.41) is 0. The Morgan fingerprint density at radius 2 is 1.61 bits per heavy atom. The minimum atomic E-state index is -3.42. The molecule has 0 aliphatic heterocycles. The Bertz CT molecular complexity index is 1420. The first-order valence-electron chi connectivity index (χ1n) is 11.8. The van der Waals surface area contributed by atoms with E-state index in [0.717, 1.165) is 46.2 Å². The highest BCUT2D eigenvalue weighted by Crippen LogP contribution is 2.37. The topological polar surface area (TPSA) is 86.1 Å². The molecule has 0 saturated heterocycles. The van der Waals surface area contributed by atoms with Crippen molar-refractivity contribution in [3.05, 3.63) is 79.1 Å². The molecule has 0 bridgehead atoms. The SMILES string of the molecule is C[Si](C)(C)CCOCn1c(-c2ccccc2)nc(-c2ccncc2)c1-c1cccc(NS(C)(=O)=O)c1. The maximum atomic E-state index is 11.9. The Hall–Kier alpha value is -3.27. The zero-order valence-electron chi connectivity index (χ0n) is 21.1. The third kappa shape index (κ3) is 6.69. The highest BCUT2D eigenvalue weighted by Gasteiger charge is 2.22. The fourth-order valence-electron chi connectivity index (χ4n) is 3.87. The van der Waals surface area contributed by atoms with Gasteiger partial charge in [0.15, 0.2) is 0 Å². The predicted octanol–water partition coefficient (Wildman–Crippen LogP) is 5.96. The summed E-state index contributed by atoms with van der Waals surface area (Å²) in [5.41, 5.74) is 4.84. The van der Waals surface area contributed by atoms with E-state index in [1.165, 1.54) is 0 Å². The van der Waals surface area contributed by atoms with Crippen molar-refractivity contribution in [1.29, 1.82) is 0 Å². The van der Waals surface area contributed by atoms with Crippen LogP contribution in [0.5, 0.6) is 0 Å². The normalized spacial score (nSPS) is 12.0. The average Bonchev–Trinajstić information content (AvgIpc) is 3.21. The third-order valence-electron chi connectivity index (χ3n) is 5.61. The maximum absolute atomic E-state index is 11.9. The molecule has 0 fully saturated rings. The lowest BCUT2D eigenvalue weighted by molar-refractivity contribution is 0.0893. The molecule has 0 radical (unpaired) electrons. The lowest BCUT2D eigenvalue weighted by Crippen LogP contribution is -2.22. The minimum absolute atomic E-state index is 0.325. The molecule has 36 heavy (non-hydrogen) atoms. The molecule has 2 aromatic carbocycles. The molecule has 0 unspecified atom stereocenters. The first-order valence-corrected chi connectivity index (χ1v) is 17.4. The molecule has 0 saturated carbocycles. The number of ether oxygens (including phenoxy) is 1. The Morgan fingerprint density at radius 1 is 0.917 bits per heavy atom. The zero-order valence-corrected chi connectivity index (χ0v) is 22.9. The fourth-order valence-corrected chi connectivity index (χ4v) is 5.18. The molecule has 0 spiro atoms. The van der Waals surface area contributed by atoms with Crippen LogP contribution in [-0.4, -0.2) is 43.9 Å². The van der Waals surface area contributed by atoms with Gasteiger partial charge in [-0.05, 0) is 30.3 Å². The Labute approximate surface area is 214 Å². The Kier molecular flexibility index (Phi) is 7.72. The monoisotopic (exact) mass is 520 g/mol. The number of sulfonamides is 1. The molecule has 0 amide bonds. The van der Waals surface area contributed by atoms with Crippen LogP contribution in [0.15, 0.2) is 79.1 Å². The molecule has 4 rings (SSSR count). The fraction of sp³-hybridized carbons (Fsp3) is 0.259. The molecule has 188 valence electrons. The van der Waals surface area contributed by atoms with Crippen LogP contribution in [-0.2, 0) is 21.5 Å². The summed E-state index contributed by atoms with van der Waals surface area (Å²) in [6.45, 7) is 7.98. The van der Waals surface area contributed by atoms with Crippen LogP contribution in [0.3, 0.4) is 0 Å². The van der Waals surface area contributed by atoms with Gasteiger partial charge in [0.1, 0.15) is 12.6 Å². The molecule has 1 N–H and O–H groups in total. The second-order valence-corrected chi connectivity index (χ2v) is 17.3. The number of imidazole rings is 1. The minimum Gasteiger partial charge on any atom is -0.361 e. The second kappa shape index (κ2) is 10.8. The van der Waals surface area contributed by atoms with Gasteiger partial charge < -0.3 is 4.74 Å². The largest absolute Gasteiger partial charge is 0.361 e. The quantitative estimate of drug-likeness (QED) is 0.206. The Balaban J connectivity index is 1.88. The summed E-state index contributed by atoms with van der Waals surface area (Å²) in [7, 11) is -4.67. The highest BCUT2D eigenvalue weighted by molar-refractivity contribution is 7.92. The standard InChI is InChI=1S/C27H32N4O3SSi/c1-35(32,33)30-24-12-8-11-23(19-24)26-25(21-13-15-28-16-14-21)29-27(22-9-6-5-7-10-22)31(26)20-34-17-18-36(2,3)4/h5-16,19,30H,17-18,20H2,1-4H3. The van der Waals surface area contributed by atoms with Crippen molar-refractivity contribution >= 4 is 23.8 Å². The molecule has 0 atom stereocenters. The number of nitrogens with zero attached hydrogens (tertiary/aromatic N) is 3. The van der Waals surface area contributed by atoms with E-state index in [1.807, 2.05) is 60.7 Å². The summed E-state index contributed by atoms with van der Waals surface area (Å²) >= 11 is 0. The molecule has 2 aromatic heterocycles. The van der Waals surface area contributed by atoms with E-state index in [2.05, 4.69) is 33.9 Å². The smallest absolute Gasteiger partial charge is 0.229 e. The van der Waals surface area contributed by atoms with Crippen molar-refractivity contribution in [1.82, 2.24) is 14.5 Å². The van der Waals surface area contributed by atoms with E-state index >= 15 is 0 Å². The van der Waals surface area contributed by atoms with Crippen molar-refractivity contribution in [2.24, 2.45) is 0 Å². The number of benzene rings is 2. The van der Waals surface area contributed by atoms with Gasteiger partial charge in [-0.3, -0.25) is 14.3 Å². The first-order chi connectivity index (χ1) is 17.1. The van der Waals surface area contributed by atoms with Gasteiger partial charge in [0.05, 0.1) is 17.6 Å². The van der Waals surface area contributed by atoms with Crippen LogP contribution in [0, 0.1) is 0 Å². The molecule has 0 aliphatic carbocycles. The van der Waals surface area contributed by atoms with Gasteiger partial charge >= 0.3 is 0 Å². The van der Waals surface area contributed by atoms with E-state index in [0.29, 0.717) is 19.0 Å². The molecular weight excluding hydrogens is 488 g/mol. The average molecular weight is 521 g/mol. The van der Waals surface area contributed by atoms with Gasteiger partial charge in [0.2, 0.25) is 10.0 Å². The third-order valence-corrected chi connectivity index (χ3v) is 7.92. The predicted molar refractivity (Wildman–Crippen MR) is 149 cm³/mol. The van der Waals surface area contributed by atoms with E-state index in [9.17, 15) is 8.42 Å². The van der Waals surface area contributed by atoms with E-state index < -0.39 is 18.1 Å². The van der Waals surface area contributed by atoms with Crippen molar-refractivity contribution in [3.8, 4) is 33.9 Å². The van der Waals surface area contributed by atoms with Crippen molar-refractivity contribution < 1.29 is 13.2 Å². The van der Waals surface area contributed by atoms with Crippen LogP contribution < -0.4 is 4.72 Å². The number of nitrogens with one attached hydrogen (secondary N) is 1. The van der Waals surface area contributed by atoms with Gasteiger partial charge in [-0.15, -0.1) is 0 Å². The summed E-state index contributed by atoms with van der Waals surface area (Å²) in [6.07, 6.45) is 4.63. The number of rotatable bonds is 10. The van der Waals surface area contributed by atoms with Crippen LogP contribution in [0.4, 0.5) is 5.69 Å². The molecule has 7 nitrogen and oxygen atoms in total. The molecule has 9 heteroatoms. The van der Waals surface area contributed by atoms with Gasteiger partial charge in [0, 0.05) is 49.5 Å². The number of hydrogen-bond donors (Lipinski definition) is 1. The lowest BCUT2D eigenvalue weighted by Gasteiger charge is -2.18. The van der Waals surface area contributed by atoms with Crippen LogP contribution in [0.1, 0.15) is 0 Å². The van der Waals surface area contributed by atoms with Gasteiger partial charge in [0.25, 0.3) is 0 Å². The van der Waals surface area contributed by atoms with E-state index in [4.69, 9.17) is 9.72 Å². The number of hydrogen-bond acceptors (Lipinski definition) is 5. The molecular formula is C27H32N4O3SSi. The van der Waals surface area contributed by atoms with Gasteiger partial charge in [-0.25, -0.2) is 13.4 Å². The first kappa shape index (κ1) is 25.8. The summed E-state index contributed by atoms with van der Waals surface area (Å²) in [4.78, 5) is 9.25. The summed E-state index contributed by atoms with van der Waals surface area (Å²) in [6, 6.07) is 22.3. The van der Waals surface area contributed by atoms with Crippen molar-refractivity contribution in [2.75, 3.05) is 17.6 Å². The highest BCUT2D eigenvalue weighted by atomic mass is 32.2. The second-order valence-electron chi connectivity index (χ2n) is 9.97.